The Kier molecular flexibility index (Phi) is 11.9. The predicted octanol–water partition coefficient (Wildman–Crippen LogP) is 7.42. The number of esters is 1. The molecule has 0 aliphatic rings. The minimum absolute atomic E-state index is 0.242. The molecule has 0 atom stereocenters. The molecular formula is C44H45BrN2O5P-. The molecule has 0 unspecified atom stereocenters. The number of Topliss-reactive ketones (excluding diaryl/α,β-unsaturated/α-hetero) is 1. The van der Waals surface area contributed by atoms with Gasteiger partial charge in [0.25, 0.3) is 0 Å². The monoisotopic (exact) mass is 791 g/mol. The van der Waals surface area contributed by atoms with Crippen molar-refractivity contribution in [1.29, 1.82) is 0 Å². The van der Waals surface area contributed by atoms with Gasteiger partial charge >= 0.3 is 297 Å². The van der Waals surface area contributed by atoms with Crippen molar-refractivity contribution >= 4 is 59.9 Å². The van der Waals surface area contributed by atoms with Gasteiger partial charge in [-0.25, -0.2) is 0 Å². The molecular weight excluding hydrogens is 747 g/mol. The molecule has 1 amide bonds. The quantitative estimate of drug-likeness (QED) is 0.0341. The van der Waals surface area contributed by atoms with E-state index in [9.17, 15) is 14.4 Å². The maximum absolute atomic E-state index is 13.9. The van der Waals surface area contributed by atoms with Gasteiger partial charge in [0.15, 0.2) is 0 Å². The van der Waals surface area contributed by atoms with E-state index in [1.165, 1.54) is 15.9 Å². The number of aromatic nitrogens is 1. The van der Waals surface area contributed by atoms with Crippen LogP contribution in [0.1, 0.15) is 53.4 Å². The van der Waals surface area contributed by atoms with E-state index in [0.717, 1.165) is 23.0 Å². The number of pyridine rings is 1. The molecule has 7 nitrogen and oxygen atoms in total. The van der Waals surface area contributed by atoms with Crippen molar-refractivity contribution in [3.05, 3.63) is 162 Å². The average molecular weight is 793 g/mol. The van der Waals surface area contributed by atoms with E-state index in [4.69, 9.17) is 15.2 Å². The van der Waals surface area contributed by atoms with Crippen molar-refractivity contribution in [3.63, 3.8) is 0 Å². The molecule has 0 aliphatic heterocycles. The SMILES string of the molecule is CCOC(=O)CCCOc1ccn2c(Cc3ccccc3)c(CCC[PH-](Br)(c3ccccc3)(c3ccccc3)c3ccccc3)c(C(=O)C(N)=O)c2c1. The Balaban J connectivity index is 1.45. The number of carbonyl (C=O) groups excluding carboxylic acids is 3. The van der Waals surface area contributed by atoms with Crippen molar-refractivity contribution in [1.82, 2.24) is 4.40 Å². The molecule has 4 aromatic carbocycles. The van der Waals surface area contributed by atoms with Gasteiger partial charge in [0.05, 0.1) is 6.61 Å². The number of hydrogen-bond acceptors (Lipinski definition) is 5. The van der Waals surface area contributed by atoms with Crippen LogP contribution in [0, 0.1) is 0 Å². The molecule has 0 radical (unpaired) electrons. The summed E-state index contributed by atoms with van der Waals surface area (Å²) in [5.74, 6) is -1.49. The number of ketones is 1. The Morgan fingerprint density at radius 1 is 0.755 bits per heavy atom. The molecule has 6 rings (SSSR count). The molecule has 53 heavy (non-hydrogen) atoms. The zero-order valence-electron chi connectivity index (χ0n) is 29.9. The normalized spacial score (nSPS) is 12.2. The number of carbonyl (C=O) groups is 3. The van der Waals surface area contributed by atoms with Crippen LogP contribution < -0.4 is 26.4 Å². The third kappa shape index (κ3) is 7.85. The molecule has 0 saturated heterocycles. The van der Waals surface area contributed by atoms with Gasteiger partial charge in [0.2, 0.25) is 0 Å². The van der Waals surface area contributed by atoms with Crippen LogP contribution in [-0.4, -0.2) is 41.4 Å². The second-order valence-corrected chi connectivity index (χ2v) is 23.4. The van der Waals surface area contributed by atoms with Gasteiger partial charge in [-0.15, -0.1) is 0 Å². The van der Waals surface area contributed by atoms with Crippen LogP contribution >= 0.6 is 20.8 Å². The molecule has 2 N–H and O–H groups in total. The van der Waals surface area contributed by atoms with E-state index < -0.39 is 17.0 Å². The van der Waals surface area contributed by atoms with Crippen molar-refractivity contribution in [2.24, 2.45) is 5.73 Å². The summed E-state index contributed by atoms with van der Waals surface area (Å²) < 4.78 is 13.1. The Morgan fingerprint density at radius 2 is 1.30 bits per heavy atom. The Hall–Kier alpha value is -5.04. The van der Waals surface area contributed by atoms with Crippen molar-refractivity contribution < 1.29 is 23.9 Å². The van der Waals surface area contributed by atoms with Gasteiger partial charge in [-0.05, 0) is 6.92 Å². The number of amides is 1. The van der Waals surface area contributed by atoms with Crippen LogP contribution in [0.25, 0.3) is 5.52 Å². The first-order chi connectivity index (χ1) is 25.7. The number of ether oxygens (including phenoxy) is 2. The summed E-state index contributed by atoms with van der Waals surface area (Å²) in [5.41, 5.74) is 9.41. The summed E-state index contributed by atoms with van der Waals surface area (Å²) in [6.07, 6.45) is 5.15. The number of primary amides is 1. The van der Waals surface area contributed by atoms with E-state index in [1.54, 1.807) is 13.0 Å². The summed E-state index contributed by atoms with van der Waals surface area (Å²) in [6.45, 7) is 2.40. The van der Waals surface area contributed by atoms with E-state index >= 15 is 0 Å². The number of nitrogens with two attached hydrogens (primary N) is 1. The van der Waals surface area contributed by atoms with Crippen molar-refractivity contribution in [2.45, 2.75) is 39.0 Å². The molecule has 0 saturated carbocycles. The van der Waals surface area contributed by atoms with Crippen LogP contribution in [0.5, 0.6) is 5.75 Å². The number of halogens is 1. The zero-order valence-corrected chi connectivity index (χ0v) is 32.5. The number of rotatable bonds is 17. The summed E-state index contributed by atoms with van der Waals surface area (Å²) in [7, 11) is 0. The van der Waals surface area contributed by atoms with Gasteiger partial charge in [0, 0.05) is 0 Å². The van der Waals surface area contributed by atoms with Crippen LogP contribution in [0.15, 0.2) is 140 Å². The first-order valence-electron chi connectivity index (χ1n) is 18.1. The topological polar surface area (TPSA) is 100 Å². The molecule has 2 aromatic heterocycles. The minimum atomic E-state index is -3.62. The number of hydrogen-bond donors (Lipinski definition) is 1. The third-order valence-corrected chi connectivity index (χ3v) is 21.3. The summed E-state index contributed by atoms with van der Waals surface area (Å²) in [4.78, 5) is 38.4. The molecule has 2 heterocycles. The average Bonchev–Trinajstić information content (AvgIpc) is 3.49. The van der Waals surface area contributed by atoms with Crippen LogP contribution in [0.3, 0.4) is 0 Å². The van der Waals surface area contributed by atoms with E-state index in [0.29, 0.717) is 49.1 Å². The number of benzene rings is 4. The molecule has 0 bridgehead atoms. The second-order valence-electron chi connectivity index (χ2n) is 13.3. The second kappa shape index (κ2) is 16.7. The molecule has 6 aromatic rings. The standard InChI is InChI=1S/C44H45BrN2O5P/c1-2-51-41(48)26-15-29-52-34-27-28-47-39(31-33-17-7-3-8-18-33)38(42(40(47)32-34)43(49)44(46)50)25-16-30-53(45,35-19-9-4-10-20-35,36-21-11-5-12-22-36)37-23-13-6-14-24-37/h3-14,17-24,27-28,32,53H,2,15-16,25-26,29-31H2,1H3,(H2,46,50)/q-1. The van der Waals surface area contributed by atoms with E-state index in [1.807, 2.05) is 53.1 Å². The molecule has 0 spiro atoms. The van der Waals surface area contributed by atoms with E-state index in [-0.39, 0.29) is 19.0 Å². The Labute approximate surface area is 318 Å². The molecule has 0 aliphatic carbocycles. The first-order valence-corrected chi connectivity index (χ1v) is 23.1. The fraction of sp³-hybridized carbons (Fsp3) is 0.205. The molecule has 274 valence electrons. The van der Waals surface area contributed by atoms with E-state index in [2.05, 4.69) is 100 Å². The molecule has 0 fully saturated rings. The maximum atomic E-state index is 13.9. The third-order valence-electron chi connectivity index (χ3n) is 10.1. The van der Waals surface area contributed by atoms with Gasteiger partial charge in [-0.3, -0.25) is 4.79 Å². The Bertz CT molecular complexity index is 2090. The zero-order chi connectivity index (χ0) is 37.3. The van der Waals surface area contributed by atoms with Crippen molar-refractivity contribution in [2.75, 3.05) is 19.4 Å². The van der Waals surface area contributed by atoms with Gasteiger partial charge in [0.1, 0.15) is 0 Å². The summed E-state index contributed by atoms with van der Waals surface area (Å²) in [6, 6.07) is 45.7. The predicted molar refractivity (Wildman–Crippen MR) is 220 cm³/mol. The van der Waals surface area contributed by atoms with Crippen LogP contribution in [0.4, 0.5) is 0 Å². The Morgan fingerprint density at radius 3 is 1.83 bits per heavy atom. The summed E-state index contributed by atoms with van der Waals surface area (Å²) in [5, 5.41) is 0.0726. The fourth-order valence-corrected chi connectivity index (χ4v) is 16.2. The van der Waals surface area contributed by atoms with Gasteiger partial charge < -0.3 is 4.74 Å². The van der Waals surface area contributed by atoms with Gasteiger partial charge in [-0.2, -0.15) is 0 Å². The van der Waals surface area contributed by atoms with Crippen LogP contribution in [0.2, 0.25) is 0 Å². The van der Waals surface area contributed by atoms with Crippen LogP contribution in [-0.2, 0) is 27.2 Å². The first kappa shape index (κ1) is 37.7. The fourth-order valence-electron chi connectivity index (χ4n) is 7.60. The van der Waals surface area contributed by atoms with Gasteiger partial charge in [-0.1, -0.05) is 0 Å². The molecule has 9 heteroatoms. The number of nitrogens with zero attached hydrogens (tertiary/aromatic N) is 1. The summed E-state index contributed by atoms with van der Waals surface area (Å²) >= 11 is 4.59. The number of fused-ring (bicyclic) bond motifs is 1. The van der Waals surface area contributed by atoms with Crippen molar-refractivity contribution in [3.8, 4) is 5.75 Å².